The summed E-state index contributed by atoms with van der Waals surface area (Å²) in [6, 6.07) is 8.76. The highest BCUT2D eigenvalue weighted by molar-refractivity contribution is 5.28. The Morgan fingerprint density at radius 3 is 2.55 bits per heavy atom. The molecule has 0 aliphatic rings. The summed E-state index contributed by atoms with van der Waals surface area (Å²) in [6.45, 7) is 11.4. The van der Waals surface area contributed by atoms with Gasteiger partial charge in [0.05, 0.1) is 17.4 Å². The molecule has 0 aliphatic carbocycles. The van der Waals surface area contributed by atoms with Gasteiger partial charge in [-0.3, -0.25) is 0 Å². The van der Waals surface area contributed by atoms with Crippen LogP contribution >= 0.6 is 0 Å². The highest BCUT2D eigenvalue weighted by Gasteiger charge is 2.15. The summed E-state index contributed by atoms with van der Waals surface area (Å²) in [5.74, 6) is 0. The Morgan fingerprint density at radius 1 is 1.25 bits per heavy atom. The smallest absolute Gasteiger partial charge is 0.0965 e. The van der Waals surface area contributed by atoms with Crippen LogP contribution in [-0.2, 0) is 12.1 Å². The normalized spacial score (nSPS) is 13.4. The molecule has 0 amide bonds. The van der Waals surface area contributed by atoms with Crippen LogP contribution in [0.15, 0.2) is 30.5 Å². The lowest BCUT2D eigenvalue weighted by molar-refractivity contribution is 0.347. The maximum atomic E-state index is 4.22. The van der Waals surface area contributed by atoms with E-state index in [2.05, 4.69) is 74.5 Å². The second-order valence-corrected chi connectivity index (χ2v) is 6.28. The Hall–Kier alpha value is -1.68. The number of rotatable bonds is 4. The van der Waals surface area contributed by atoms with Gasteiger partial charge >= 0.3 is 0 Å². The Balaban J connectivity index is 1.99. The highest BCUT2D eigenvalue weighted by atomic mass is 15.4. The van der Waals surface area contributed by atoms with E-state index >= 15 is 0 Å². The van der Waals surface area contributed by atoms with Gasteiger partial charge in [-0.05, 0) is 45.7 Å². The van der Waals surface area contributed by atoms with Crippen LogP contribution < -0.4 is 5.32 Å². The molecule has 1 atom stereocenters. The third-order valence-electron chi connectivity index (χ3n) is 3.47. The van der Waals surface area contributed by atoms with E-state index in [1.165, 1.54) is 11.1 Å². The molecule has 1 aromatic heterocycles. The summed E-state index contributed by atoms with van der Waals surface area (Å²) >= 11 is 0. The maximum absolute atomic E-state index is 4.22. The molecule has 2 aromatic rings. The molecule has 1 heterocycles. The summed E-state index contributed by atoms with van der Waals surface area (Å²) in [4.78, 5) is 0. The number of nitrogens with one attached hydrogen (secondary N) is 1. The largest absolute Gasteiger partial charge is 0.304 e. The van der Waals surface area contributed by atoms with Gasteiger partial charge in [-0.15, -0.1) is 5.10 Å². The molecule has 1 aromatic carbocycles. The van der Waals surface area contributed by atoms with Crippen LogP contribution in [0.2, 0.25) is 0 Å². The van der Waals surface area contributed by atoms with Crippen LogP contribution in [0.3, 0.4) is 0 Å². The minimum absolute atomic E-state index is 0.0209. The Kier molecular flexibility index (Phi) is 4.23. The molecule has 0 bridgehead atoms. The number of aromatic nitrogens is 3. The SMILES string of the molecule is Cc1ccccc1[C@@H](C)NCc1cn(C(C)(C)C)nn1. The summed E-state index contributed by atoms with van der Waals surface area (Å²) in [7, 11) is 0. The van der Waals surface area contributed by atoms with Crippen molar-refractivity contribution in [2.24, 2.45) is 0 Å². The van der Waals surface area contributed by atoms with Gasteiger partial charge in [0, 0.05) is 12.6 Å². The fourth-order valence-corrected chi connectivity index (χ4v) is 2.15. The molecule has 0 unspecified atom stereocenters. The van der Waals surface area contributed by atoms with Gasteiger partial charge in [0.1, 0.15) is 0 Å². The van der Waals surface area contributed by atoms with Gasteiger partial charge in [0.25, 0.3) is 0 Å². The zero-order valence-electron chi connectivity index (χ0n) is 13.0. The maximum Gasteiger partial charge on any atom is 0.0965 e. The lowest BCUT2D eigenvalue weighted by Crippen LogP contribution is -2.22. The molecular formula is C16H24N4. The fourth-order valence-electron chi connectivity index (χ4n) is 2.15. The van der Waals surface area contributed by atoms with Crippen LogP contribution in [0, 0.1) is 6.92 Å². The molecule has 4 heteroatoms. The predicted molar refractivity (Wildman–Crippen MR) is 81.5 cm³/mol. The second-order valence-electron chi connectivity index (χ2n) is 6.28. The standard InChI is InChI=1S/C16H24N4/c1-12-8-6-7-9-15(12)13(2)17-10-14-11-20(19-18-14)16(3,4)5/h6-9,11,13,17H,10H2,1-5H3/t13-/m1/s1. The van der Waals surface area contributed by atoms with Gasteiger partial charge in [-0.2, -0.15) is 0 Å². The molecule has 0 saturated carbocycles. The minimum atomic E-state index is -0.0209. The third-order valence-corrected chi connectivity index (χ3v) is 3.47. The van der Waals surface area contributed by atoms with E-state index in [1.54, 1.807) is 0 Å². The van der Waals surface area contributed by atoms with Crippen molar-refractivity contribution in [3.63, 3.8) is 0 Å². The van der Waals surface area contributed by atoms with E-state index in [0.717, 1.165) is 12.2 Å². The summed E-state index contributed by atoms with van der Waals surface area (Å²) in [6.07, 6.45) is 2.01. The van der Waals surface area contributed by atoms with Gasteiger partial charge in [0.15, 0.2) is 0 Å². The summed E-state index contributed by atoms with van der Waals surface area (Å²) < 4.78 is 1.91. The van der Waals surface area contributed by atoms with Crippen LogP contribution in [0.25, 0.3) is 0 Å². The number of aryl methyl sites for hydroxylation is 1. The van der Waals surface area contributed by atoms with Crippen molar-refractivity contribution in [3.8, 4) is 0 Å². The first-order valence-electron chi connectivity index (χ1n) is 7.08. The molecule has 0 spiro atoms. The Bertz CT molecular complexity index is 566. The molecule has 108 valence electrons. The van der Waals surface area contributed by atoms with Crippen molar-refractivity contribution >= 4 is 0 Å². The Labute approximate surface area is 121 Å². The zero-order valence-corrected chi connectivity index (χ0v) is 13.0. The van der Waals surface area contributed by atoms with Crippen LogP contribution in [0.5, 0.6) is 0 Å². The Morgan fingerprint density at radius 2 is 1.95 bits per heavy atom. The lowest BCUT2D eigenvalue weighted by Gasteiger charge is -2.17. The quantitative estimate of drug-likeness (QED) is 0.929. The van der Waals surface area contributed by atoms with Crippen molar-refractivity contribution in [1.82, 2.24) is 20.3 Å². The number of nitrogens with zero attached hydrogens (tertiary/aromatic N) is 3. The molecular weight excluding hydrogens is 248 g/mol. The van der Waals surface area contributed by atoms with Crippen LogP contribution in [0.1, 0.15) is 50.6 Å². The first-order valence-corrected chi connectivity index (χ1v) is 7.08. The van der Waals surface area contributed by atoms with Crippen molar-refractivity contribution in [3.05, 3.63) is 47.3 Å². The highest BCUT2D eigenvalue weighted by Crippen LogP contribution is 2.17. The third kappa shape index (κ3) is 3.45. The van der Waals surface area contributed by atoms with Gasteiger partial charge in [-0.25, -0.2) is 4.68 Å². The molecule has 20 heavy (non-hydrogen) atoms. The molecule has 2 rings (SSSR count). The van der Waals surface area contributed by atoms with E-state index in [-0.39, 0.29) is 5.54 Å². The van der Waals surface area contributed by atoms with E-state index in [4.69, 9.17) is 0 Å². The van der Waals surface area contributed by atoms with Crippen LogP contribution in [-0.4, -0.2) is 15.0 Å². The number of benzene rings is 1. The molecule has 0 aliphatic heterocycles. The molecule has 0 radical (unpaired) electrons. The van der Waals surface area contributed by atoms with E-state index in [9.17, 15) is 0 Å². The van der Waals surface area contributed by atoms with E-state index in [0.29, 0.717) is 6.04 Å². The minimum Gasteiger partial charge on any atom is -0.304 e. The summed E-state index contributed by atoms with van der Waals surface area (Å²) in [5.41, 5.74) is 3.59. The monoisotopic (exact) mass is 272 g/mol. The topological polar surface area (TPSA) is 42.7 Å². The van der Waals surface area contributed by atoms with E-state index < -0.39 is 0 Å². The molecule has 0 fully saturated rings. The molecule has 1 N–H and O–H groups in total. The first kappa shape index (κ1) is 14.7. The summed E-state index contributed by atoms with van der Waals surface area (Å²) in [5, 5.41) is 11.9. The molecule has 0 saturated heterocycles. The lowest BCUT2D eigenvalue weighted by atomic mass is 10.0. The van der Waals surface area contributed by atoms with Crippen LogP contribution in [0.4, 0.5) is 0 Å². The fraction of sp³-hybridized carbons (Fsp3) is 0.500. The number of hydrogen-bond acceptors (Lipinski definition) is 3. The second kappa shape index (κ2) is 5.75. The zero-order chi connectivity index (χ0) is 14.8. The first-order chi connectivity index (χ1) is 9.38. The average molecular weight is 272 g/mol. The van der Waals surface area contributed by atoms with E-state index in [1.807, 2.05) is 10.9 Å². The van der Waals surface area contributed by atoms with Gasteiger partial charge < -0.3 is 5.32 Å². The van der Waals surface area contributed by atoms with Gasteiger partial charge in [-0.1, -0.05) is 29.5 Å². The number of hydrogen-bond donors (Lipinski definition) is 1. The average Bonchev–Trinajstić information content (AvgIpc) is 2.85. The molecule has 4 nitrogen and oxygen atoms in total. The van der Waals surface area contributed by atoms with Gasteiger partial charge in [0.2, 0.25) is 0 Å². The van der Waals surface area contributed by atoms with Crippen molar-refractivity contribution < 1.29 is 0 Å². The van der Waals surface area contributed by atoms with Crippen molar-refractivity contribution in [1.29, 1.82) is 0 Å². The predicted octanol–water partition coefficient (Wildman–Crippen LogP) is 3.19. The van der Waals surface area contributed by atoms with Crippen molar-refractivity contribution in [2.75, 3.05) is 0 Å². The van der Waals surface area contributed by atoms with Crippen molar-refractivity contribution in [2.45, 2.75) is 52.7 Å².